The van der Waals surface area contributed by atoms with Crippen molar-refractivity contribution in [3.8, 4) is 17.2 Å². The lowest BCUT2D eigenvalue weighted by Crippen LogP contribution is -2.40. The zero-order chi connectivity index (χ0) is 19.2. The Morgan fingerprint density at radius 3 is 2.85 bits per heavy atom. The fraction of sp³-hybridized carbons (Fsp3) is 0.286. The number of aromatic nitrogens is 1. The number of hydrogen-bond donors (Lipinski definition) is 2. The highest BCUT2D eigenvalue weighted by atomic mass is 32.1. The molecule has 2 heterocycles. The van der Waals surface area contributed by atoms with Gasteiger partial charge in [0.1, 0.15) is 12.6 Å². The lowest BCUT2D eigenvalue weighted by atomic mass is 10.00. The van der Waals surface area contributed by atoms with E-state index in [2.05, 4.69) is 47.0 Å². The molecule has 0 saturated heterocycles. The Labute approximate surface area is 163 Å². The van der Waals surface area contributed by atoms with E-state index >= 15 is 0 Å². The van der Waals surface area contributed by atoms with Gasteiger partial charge in [-0.25, -0.2) is 0 Å². The van der Waals surface area contributed by atoms with Crippen LogP contribution in [-0.2, 0) is 4.79 Å². The number of anilines is 1. The Morgan fingerprint density at radius 1 is 1.22 bits per heavy atom. The van der Waals surface area contributed by atoms with Gasteiger partial charge in [-0.2, -0.15) is 5.26 Å². The number of carbonyl (C=O) groups excluding carboxylic acids is 1. The maximum atomic E-state index is 12.5. The lowest BCUT2D eigenvalue weighted by molar-refractivity contribution is -0.121. The topological polar surface area (TPSA) is 77.8 Å². The van der Waals surface area contributed by atoms with Gasteiger partial charge in [-0.3, -0.25) is 9.78 Å². The third-order valence-electron chi connectivity index (χ3n) is 4.29. The first-order valence-electron chi connectivity index (χ1n) is 8.91. The zero-order valence-corrected chi connectivity index (χ0v) is 16.2. The van der Waals surface area contributed by atoms with Crippen molar-refractivity contribution < 1.29 is 4.79 Å². The van der Waals surface area contributed by atoms with Crippen molar-refractivity contribution in [2.45, 2.75) is 26.3 Å². The molecule has 0 aliphatic heterocycles. The molecule has 138 valence electrons. The first kappa shape index (κ1) is 18.9. The number of carbonyl (C=O) groups is 1. The third kappa shape index (κ3) is 4.44. The predicted octanol–water partition coefficient (Wildman–Crippen LogP) is 4.43. The number of nitriles is 1. The van der Waals surface area contributed by atoms with E-state index in [0.29, 0.717) is 12.3 Å². The van der Waals surface area contributed by atoms with Crippen molar-refractivity contribution in [2.24, 2.45) is 5.92 Å². The van der Waals surface area contributed by atoms with E-state index in [1.807, 2.05) is 29.6 Å². The maximum absolute atomic E-state index is 12.5. The van der Waals surface area contributed by atoms with E-state index < -0.39 is 0 Å². The van der Waals surface area contributed by atoms with Gasteiger partial charge in [-0.1, -0.05) is 32.0 Å². The predicted molar refractivity (Wildman–Crippen MR) is 111 cm³/mol. The Balaban J connectivity index is 1.93. The van der Waals surface area contributed by atoms with E-state index in [1.165, 1.54) is 0 Å². The molecule has 0 saturated carbocycles. The molecule has 0 fully saturated rings. The summed E-state index contributed by atoms with van der Waals surface area (Å²) >= 11 is 1.59. The summed E-state index contributed by atoms with van der Waals surface area (Å²) in [5, 5.41) is 20.0. The molecule has 0 unspecified atom stereocenters. The Hall–Kier alpha value is -2.91. The van der Waals surface area contributed by atoms with Crippen LogP contribution < -0.4 is 10.6 Å². The highest BCUT2D eigenvalue weighted by Crippen LogP contribution is 2.36. The van der Waals surface area contributed by atoms with Crippen molar-refractivity contribution in [1.29, 1.82) is 5.26 Å². The summed E-state index contributed by atoms with van der Waals surface area (Å²) in [6.45, 7) is 4.18. The van der Waals surface area contributed by atoms with Crippen molar-refractivity contribution >= 4 is 33.8 Å². The fourth-order valence-electron chi connectivity index (χ4n) is 3.10. The quantitative estimate of drug-likeness (QED) is 0.596. The standard InChI is InChI=1S/C21H22N4OS/c1-14(2)11-19(21(26)24-10-8-22)25-20-13-27-12-17(20)15-5-3-7-18-16(15)6-4-9-23-18/h3-7,9,12-14,19,25H,10-11H2,1-2H3,(H,24,26)/t19-/m0/s1. The third-order valence-corrected chi connectivity index (χ3v) is 5.04. The van der Waals surface area contributed by atoms with Crippen molar-refractivity contribution in [3.05, 3.63) is 47.3 Å². The number of amides is 1. The second-order valence-electron chi connectivity index (χ2n) is 6.78. The molecule has 1 amide bonds. The van der Waals surface area contributed by atoms with Gasteiger partial charge < -0.3 is 10.6 Å². The normalized spacial score (nSPS) is 11.9. The van der Waals surface area contributed by atoms with Crippen LogP contribution in [0.1, 0.15) is 20.3 Å². The van der Waals surface area contributed by atoms with Gasteiger partial charge in [0.2, 0.25) is 5.91 Å². The molecule has 1 aromatic carbocycles. The summed E-state index contributed by atoms with van der Waals surface area (Å²) in [5.41, 5.74) is 4.01. The summed E-state index contributed by atoms with van der Waals surface area (Å²) in [4.78, 5) is 16.9. The SMILES string of the molecule is CC(C)C[C@H](Nc1cscc1-c1cccc2ncccc12)C(=O)NCC#N. The molecule has 0 bridgehead atoms. The van der Waals surface area contributed by atoms with Crippen LogP contribution in [0.2, 0.25) is 0 Å². The van der Waals surface area contributed by atoms with Crippen LogP contribution in [0.3, 0.4) is 0 Å². The van der Waals surface area contributed by atoms with E-state index in [1.54, 1.807) is 17.5 Å². The summed E-state index contributed by atoms with van der Waals surface area (Å²) in [7, 11) is 0. The number of fused-ring (bicyclic) bond motifs is 1. The average molecular weight is 379 g/mol. The van der Waals surface area contributed by atoms with Crippen molar-refractivity contribution in [2.75, 3.05) is 11.9 Å². The molecule has 3 rings (SSSR count). The van der Waals surface area contributed by atoms with Gasteiger partial charge in [0.15, 0.2) is 0 Å². The van der Waals surface area contributed by atoms with E-state index in [4.69, 9.17) is 5.26 Å². The Kier molecular flexibility index (Phi) is 6.05. The van der Waals surface area contributed by atoms with Crippen molar-refractivity contribution in [1.82, 2.24) is 10.3 Å². The van der Waals surface area contributed by atoms with Crippen LogP contribution in [0.15, 0.2) is 47.3 Å². The van der Waals surface area contributed by atoms with Crippen LogP contribution in [-0.4, -0.2) is 23.5 Å². The molecule has 27 heavy (non-hydrogen) atoms. The minimum absolute atomic E-state index is 0.0145. The molecule has 3 aromatic rings. The van der Waals surface area contributed by atoms with E-state index in [0.717, 1.165) is 27.7 Å². The number of thiophene rings is 1. The molecular weight excluding hydrogens is 356 g/mol. The molecule has 1 atom stereocenters. The van der Waals surface area contributed by atoms with Crippen LogP contribution in [0.4, 0.5) is 5.69 Å². The minimum atomic E-state index is -0.389. The number of hydrogen-bond acceptors (Lipinski definition) is 5. The van der Waals surface area contributed by atoms with Crippen LogP contribution in [0.5, 0.6) is 0 Å². The Morgan fingerprint density at radius 2 is 2.07 bits per heavy atom. The molecule has 2 N–H and O–H groups in total. The van der Waals surface area contributed by atoms with Gasteiger partial charge in [0.05, 0.1) is 17.3 Å². The summed E-state index contributed by atoms with van der Waals surface area (Å²) < 4.78 is 0. The molecule has 0 spiro atoms. The van der Waals surface area contributed by atoms with Crippen LogP contribution in [0.25, 0.3) is 22.0 Å². The summed E-state index contributed by atoms with van der Waals surface area (Å²) in [6.07, 6.45) is 2.47. The number of pyridine rings is 1. The van der Waals surface area contributed by atoms with Crippen LogP contribution >= 0.6 is 11.3 Å². The Bertz CT molecular complexity index is 968. The lowest BCUT2D eigenvalue weighted by Gasteiger charge is -2.21. The van der Waals surface area contributed by atoms with E-state index in [9.17, 15) is 4.79 Å². The number of benzene rings is 1. The van der Waals surface area contributed by atoms with E-state index in [-0.39, 0.29) is 18.5 Å². The molecule has 0 aliphatic rings. The monoisotopic (exact) mass is 378 g/mol. The number of nitrogens with zero attached hydrogens (tertiary/aromatic N) is 2. The van der Waals surface area contributed by atoms with Gasteiger partial charge in [0, 0.05) is 27.9 Å². The molecule has 5 nitrogen and oxygen atoms in total. The molecule has 0 radical (unpaired) electrons. The number of rotatable bonds is 7. The molecule has 2 aromatic heterocycles. The largest absolute Gasteiger partial charge is 0.372 e. The second kappa shape index (κ2) is 8.65. The van der Waals surface area contributed by atoms with Gasteiger partial charge in [-0.15, -0.1) is 11.3 Å². The first-order valence-corrected chi connectivity index (χ1v) is 9.86. The summed E-state index contributed by atoms with van der Waals surface area (Å²) in [6, 6.07) is 11.6. The summed E-state index contributed by atoms with van der Waals surface area (Å²) in [5.74, 6) is 0.196. The highest BCUT2D eigenvalue weighted by Gasteiger charge is 2.21. The first-order chi connectivity index (χ1) is 13.1. The highest BCUT2D eigenvalue weighted by molar-refractivity contribution is 7.08. The van der Waals surface area contributed by atoms with Gasteiger partial charge in [0.25, 0.3) is 0 Å². The van der Waals surface area contributed by atoms with Crippen LogP contribution in [0, 0.1) is 17.2 Å². The second-order valence-corrected chi connectivity index (χ2v) is 7.52. The maximum Gasteiger partial charge on any atom is 0.243 e. The average Bonchev–Trinajstić information content (AvgIpc) is 3.12. The number of nitrogens with one attached hydrogen (secondary N) is 2. The molecule has 0 aliphatic carbocycles. The fourth-order valence-corrected chi connectivity index (χ4v) is 3.89. The smallest absolute Gasteiger partial charge is 0.243 e. The van der Waals surface area contributed by atoms with Gasteiger partial charge in [-0.05, 0) is 30.0 Å². The molecular formula is C21H22N4OS. The minimum Gasteiger partial charge on any atom is -0.372 e. The molecule has 6 heteroatoms. The van der Waals surface area contributed by atoms with Gasteiger partial charge >= 0.3 is 0 Å². The zero-order valence-electron chi connectivity index (χ0n) is 15.4. The van der Waals surface area contributed by atoms with Crippen molar-refractivity contribution in [3.63, 3.8) is 0 Å².